The first-order valence-electron chi connectivity index (χ1n) is 7.43. The third-order valence-electron chi connectivity index (χ3n) is 3.52. The highest BCUT2D eigenvalue weighted by Crippen LogP contribution is 2.43. The van der Waals surface area contributed by atoms with Crippen LogP contribution in [0, 0.1) is 5.82 Å². The molecule has 23 heavy (non-hydrogen) atoms. The minimum absolute atomic E-state index is 0.0124. The fraction of sp³-hybridized carbons (Fsp3) is 0.467. The second-order valence-corrected chi connectivity index (χ2v) is 6.92. The van der Waals surface area contributed by atoms with Gasteiger partial charge in [-0.3, -0.25) is 9.79 Å². The molecule has 0 fully saturated rings. The van der Waals surface area contributed by atoms with Crippen LogP contribution < -0.4 is 4.52 Å². The van der Waals surface area contributed by atoms with Crippen molar-refractivity contribution in [1.29, 1.82) is 0 Å². The number of phosphoric ester groups is 1. The number of likely N-dealkylation sites (N-methyl/N-ethyl adjacent to an activating group) is 1. The van der Waals surface area contributed by atoms with Crippen LogP contribution in [0.2, 0.25) is 0 Å². The van der Waals surface area contributed by atoms with E-state index in [-0.39, 0.29) is 5.75 Å². The van der Waals surface area contributed by atoms with Crippen molar-refractivity contribution < 1.29 is 23.3 Å². The molecule has 0 amide bonds. The lowest BCUT2D eigenvalue weighted by molar-refractivity contribution is 0.284. The zero-order valence-corrected chi connectivity index (χ0v) is 14.4. The van der Waals surface area contributed by atoms with Gasteiger partial charge in [0.15, 0.2) is 0 Å². The summed E-state index contributed by atoms with van der Waals surface area (Å²) < 4.78 is 32.1. The zero-order chi connectivity index (χ0) is 17.2. The molecule has 6 nitrogen and oxygen atoms in total. The minimum Gasteiger partial charge on any atom is -0.404 e. The molecule has 0 atom stereocenters. The molecule has 128 valence electrons. The maximum absolute atomic E-state index is 14.3. The number of aryl methyl sites for hydroxylation is 1. The Labute approximate surface area is 134 Å². The number of aromatic nitrogens is 1. The molecule has 0 spiro atoms. The van der Waals surface area contributed by atoms with E-state index in [1.54, 1.807) is 4.57 Å². The van der Waals surface area contributed by atoms with E-state index in [0.29, 0.717) is 23.9 Å². The van der Waals surface area contributed by atoms with Gasteiger partial charge >= 0.3 is 7.82 Å². The summed E-state index contributed by atoms with van der Waals surface area (Å²) in [6, 6.07) is 2.45. The lowest BCUT2D eigenvalue weighted by Gasteiger charge is -2.12. The lowest BCUT2D eigenvalue weighted by Crippen LogP contribution is -2.15. The van der Waals surface area contributed by atoms with Gasteiger partial charge in [0, 0.05) is 24.7 Å². The van der Waals surface area contributed by atoms with E-state index in [1.165, 1.54) is 12.1 Å². The Morgan fingerprint density at radius 3 is 2.61 bits per heavy atom. The van der Waals surface area contributed by atoms with Crippen LogP contribution in [-0.4, -0.2) is 39.9 Å². The van der Waals surface area contributed by atoms with Crippen LogP contribution in [-0.2, 0) is 17.5 Å². The molecule has 0 saturated heterocycles. The largest absolute Gasteiger partial charge is 0.524 e. The van der Waals surface area contributed by atoms with Crippen molar-refractivity contribution in [3.63, 3.8) is 0 Å². The van der Waals surface area contributed by atoms with Gasteiger partial charge in [0.05, 0.1) is 5.52 Å². The van der Waals surface area contributed by atoms with Crippen molar-refractivity contribution in [2.45, 2.75) is 26.3 Å². The van der Waals surface area contributed by atoms with Gasteiger partial charge in [-0.1, -0.05) is 6.92 Å². The van der Waals surface area contributed by atoms with Crippen molar-refractivity contribution in [2.75, 3.05) is 20.6 Å². The maximum Gasteiger partial charge on any atom is 0.524 e. The van der Waals surface area contributed by atoms with E-state index in [0.717, 1.165) is 18.5 Å². The number of hydrogen-bond acceptors (Lipinski definition) is 3. The molecule has 0 bridgehead atoms. The fourth-order valence-corrected chi connectivity index (χ4v) is 3.02. The number of benzene rings is 1. The average molecular weight is 344 g/mol. The minimum atomic E-state index is -4.71. The summed E-state index contributed by atoms with van der Waals surface area (Å²) in [6.45, 7) is 3.34. The van der Waals surface area contributed by atoms with Crippen molar-refractivity contribution in [2.24, 2.45) is 0 Å². The number of halogens is 1. The smallest absolute Gasteiger partial charge is 0.404 e. The summed E-state index contributed by atoms with van der Waals surface area (Å²) in [7, 11) is -0.854. The number of fused-ring (bicyclic) bond motifs is 1. The highest BCUT2D eigenvalue weighted by Gasteiger charge is 2.22. The monoisotopic (exact) mass is 344 g/mol. The predicted octanol–water partition coefficient (Wildman–Crippen LogP) is 2.77. The van der Waals surface area contributed by atoms with Crippen molar-refractivity contribution in [3.8, 4) is 5.75 Å². The van der Waals surface area contributed by atoms with Crippen LogP contribution in [0.15, 0.2) is 18.3 Å². The molecule has 2 rings (SSSR count). The van der Waals surface area contributed by atoms with Crippen LogP contribution >= 0.6 is 7.82 Å². The van der Waals surface area contributed by atoms with Crippen molar-refractivity contribution in [3.05, 3.63) is 29.7 Å². The zero-order valence-electron chi connectivity index (χ0n) is 13.5. The third kappa shape index (κ3) is 4.32. The SMILES string of the molecule is CCCn1cc(CCN(C)C)c2c(OP(=O)(O)O)ccc(F)c21. The number of hydrogen-bond donors (Lipinski definition) is 2. The Balaban J connectivity index is 2.62. The van der Waals surface area contributed by atoms with E-state index in [1.807, 2.05) is 32.1 Å². The standard InChI is InChI=1S/C15H22FN2O4P/c1-4-8-18-10-11(7-9-17(2)3)14-13(22-23(19,20)21)6-5-12(16)15(14)18/h5-6,10H,4,7-9H2,1-3H3,(H2,19,20,21). The molecule has 1 aromatic heterocycles. The van der Waals surface area contributed by atoms with Gasteiger partial charge in [0.1, 0.15) is 11.6 Å². The summed E-state index contributed by atoms with van der Waals surface area (Å²) in [5, 5.41) is 0.434. The van der Waals surface area contributed by atoms with Gasteiger partial charge in [0.25, 0.3) is 0 Å². The Kier molecular flexibility index (Phi) is 5.47. The normalized spacial score (nSPS) is 12.3. The molecule has 0 aliphatic heterocycles. The molecule has 0 aliphatic rings. The predicted molar refractivity (Wildman–Crippen MR) is 87.1 cm³/mol. The van der Waals surface area contributed by atoms with Gasteiger partial charge in [0.2, 0.25) is 0 Å². The second kappa shape index (κ2) is 7.01. The van der Waals surface area contributed by atoms with E-state index < -0.39 is 13.6 Å². The molecule has 0 saturated carbocycles. The van der Waals surface area contributed by atoms with Gasteiger partial charge < -0.3 is 14.0 Å². The highest BCUT2D eigenvalue weighted by molar-refractivity contribution is 7.46. The summed E-state index contributed by atoms with van der Waals surface area (Å²) in [6.07, 6.45) is 3.29. The lowest BCUT2D eigenvalue weighted by atomic mass is 10.1. The third-order valence-corrected chi connectivity index (χ3v) is 3.96. The van der Waals surface area contributed by atoms with Crippen molar-refractivity contribution >= 4 is 18.7 Å². The van der Waals surface area contributed by atoms with Crippen LogP contribution in [0.3, 0.4) is 0 Å². The van der Waals surface area contributed by atoms with Crippen LogP contribution in [0.5, 0.6) is 5.75 Å². The number of rotatable bonds is 7. The number of phosphoric acid groups is 1. The summed E-state index contributed by atoms with van der Waals surface area (Å²) in [5.41, 5.74) is 1.14. The molecule has 2 aromatic rings. The van der Waals surface area contributed by atoms with Crippen LogP contribution in [0.25, 0.3) is 10.9 Å². The fourth-order valence-electron chi connectivity index (χ4n) is 2.61. The molecule has 0 aliphatic carbocycles. The van der Waals surface area contributed by atoms with Crippen molar-refractivity contribution in [1.82, 2.24) is 9.47 Å². The molecule has 2 N–H and O–H groups in total. The highest BCUT2D eigenvalue weighted by atomic mass is 31.2. The van der Waals surface area contributed by atoms with Crippen LogP contribution in [0.1, 0.15) is 18.9 Å². The Morgan fingerprint density at radius 2 is 2.04 bits per heavy atom. The maximum atomic E-state index is 14.3. The van der Waals surface area contributed by atoms with E-state index in [9.17, 15) is 8.96 Å². The quantitative estimate of drug-likeness (QED) is 0.756. The van der Waals surface area contributed by atoms with Gasteiger partial charge in [-0.15, -0.1) is 0 Å². The van der Waals surface area contributed by atoms with E-state index in [4.69, 9.17) is 14.3 Å². The number of nitrogens with zero attached hydrogens (tertiary/aromatic N) is 2. The summed E-state index contributed by atoms with van der Waals surface area (Å²) in [4.78, 5) is 20.2. The molecule has 8 heteroatoms. The van der Waals surface area contributed by atoms with Crippen LogP contribution in [0.4, 0.5) is 4.39 Å². The van der Waals surface area contributed by atoms with Gasteiger partial charge in [-0.05, 0) is 44.6 Å². The Morgan fingerprint density at radius 1 is 1.35 bits per heavy atom. The molecular weight excluding hydrogens is 322 g/mol. The molecule has 1 aromatic carbocycles. The van der Waals surface area contributed by atoms with Gasteiger partial charge in [-0.25, -0.2) is 8.96 Å². The summed E-state index contributed by atoms with van der Waals surface area (Å²) >= 11 is 0. The molecule has 0 radical (unpaired) electrons. The molecular formula is C15H22FN2O4P. The summed E-state index contributed by atoms with van der Waals surface area (Å²) in [5.74, 6) is -0.416. The topological polar surface area (TPSA) is 74.9 Å². The molecule has 0 unspecified atom stereocenters. The first-order valence-corrected chi connectivity index (χ1v) is 8.96. The van der Waals surface area contributed by atoms with E-state index in [2.05, 4.69) is 0 Å². The first-order chi connectivity index (χ1) is 10.7. The van der Waals surface area contributed by atoms with Gasteiger partial charge in [-0.2, -0.15) is 0 Å². The molecule has 1 heterocycles. The Hall–Kier alpha value is -1.40. The Bertz CT molecular complexity index is 739. The average Bonchev–Trinajstić information content (AvgIpc) is 2.79. The first kappa shape index (κ1) is 17.9. The second-order valence-electron chi connectivity index (χ2n) is 5.75. The van der Waals surface area contributed by atoms with E-state index >= 15 is 0 Å².